The Labute approximate surface area is 251 Å². The van der Waals surface area contributed by atoms with Crippen LogP contribution in [0.15, 0.2) is 51.9 Å². The second-order valence-electron chi connectivity index (χ2n) is 8.72. The number of likely N-dealkylation sites (tertiary alicyclic amines) is 1. The molecule has 2 aromatic carbocycles. The summed E-state index contributed by atoms with van der Waals surface area (Å²) < 4.78 is 5.43. The minimum atomic E-state index is 0.0714. The van der Waals surface area contributed by atoms with Crippen molar-refractivity contribution in [3.63, 3.8) is 0 Å². The van der Waals surface area contributed by atoms with E-state index < -0.39 is 0 Å². The molecule has 1 fully saturated rings. The van der Waals surface area contributed by atoms with Crippen LogP contribution in [0.5, 0.6) is 0 Å². The molecule has 1 saturated heterocycles. The molecule has 9 nitrogen and oxygen atoms in total. The fraction of sp³-hybridized carbons (Fsp3) is 0.333. The number of nitriles is 1. The number of hydrogen-bond donors (Lipinski definition) is 3. The van der Waals surface area contributed by atoms with E-state index >= 15 is 0 Å². The van der Waals surface area contributed by atoms with Crippen LogP contribution in [-0.4, -0.2) is 49.7 Å². The van der Waals surface area contributed by atoms with Crippen LogP contribution >= 0.6 is 23.2 Å². The van der Waals surface area contributed by atoms with Crippen LogP contribution in [0.4, 0.5) is 5.69 Å². The molecule has 1 aromatic heterocycles. The minimum Gasteiger partial charge on any atom is -0.461 e. The van der Waals surface area contributed by atoms with Gasteiger partial charge in [-0.25, -0.2) is 4.99 Å². The number of likely N-dealkylation sites (N-methyl/N-ethyl adjacent to an activating group) is 1. The molecular formula is C30H36Cl2N6O3. The van der Waals surface area contributed by atoms with E-state index in [0.717, 1.165) is 72.4 Å². The van der Waals surface area contributed by atoms with Crippen LogP contribution in [-0.2, 0) is 16.0 Å². The second kappa shape index (κ2) is 19.9. The lowest BCUT2D eigenvalue weighted by Gasteiger charge is -2.16. The number of aryl methyl sites for hydroxylation is 1. The smallest absolute Gasteiger partial charge is 0.222 e. The van der Waals surface area contributed by atoms with Gasteiger partial charge in [0.2, 0.25) is 11.9 Å². The lowest BCUT2D eigenvalue weighted by atomic mass is 10.1. The number of nitrogens with one attached hydrogen (secondary N) is 2. The lowest BCUT2D eigenvalue weighted by Crippen LogP contribution is -2.31. The van der Waals surface area contributed by atoms with Crippen LogP contribution in [0, 0.1) is 31.2 Å². The van der Waals surface area contributed by atoms with Gasteiger partial charge >= 0.3 is 0 Å². The van der Waals surface area contributed by atoms with E-state index in [2.05, 4.69) is 28.5 Å². The first-order chi connectivity index (χ1) is 19.8. The van der Waals surface area contributed by atoms with E-state index in [4.69, 9.17) is 38.6 Å². The molecule has 218 valence electrons. The Kier molecular flexibility index (Phi) is 17.0. The number of terminal acetylenes is 1. The summed E-state index contributed by atoms with van der Waals surface area (Å²) in [6.45, 7) is 3.85. The zero-order chi connectivity index (χ0) is 30.6. The maximum atomic E-state index is 11.2. The van der Waals surface area contributed by atoms with Gasteiger partial charge in [-0.3, -0.25) is 10.1 Å². The van der Waals surface area contributed by atoms with Gasteiger partial charge < -0.3 is 25.2 Å². The van der Waals surface area contributed by atoms with E-state index in [0.29, 0.717) is 17.1 Å². The SMILES string of the molecule is C#C.CNCCc1ccc(Cl)cc1Cl.Cc1cc2cc(N=C(N)NC#N)ccc2o1.O=CCN1CCCCCC1=O. The van der Waals surface area contributed by atoms with Gasteiger partial charge in [0.15, 0.2) is 6.19 Å². The molecule has 0 spiro atoms. The van der Waals surface area contributed by atoms with Gasteiger partial charge in [0.1, 0.15) is 17.6 Å². The van der Waals surface area contributed by atoms with Gasteiger partial charge in [-0.1, -0.05) is 35.7 Å². The topological polar surface area (TPSA) is 137 Å². The van der Waals surface area contributed by atoms with Gasteiger partial charge in [-0.2, -0.15) is 5.26 Å². The Bertz CT molecular complexity index is 1350. The third-order valence-electron chi connectivity index (χ3n) is 5.68. The summed E-state index contributed by atoms with van der Waals surface area (Å²) in [5.41, 5.74) is 8.08. The predicted octanol–water partition coefficient (Wildman–Crippen LogP) is 5.35. The first kappa shape index (κ1) is 35.0. The quantitative estimate of drug-likeness (QED) is 0.0868. The number of nitrogens with two attached hydrogens (primary N) is 1. The number of fused-ring (bicyclic) bond motifs is 1. The third-order valence-corrected chi connectivity index (χ3v) is 6.27. The van der Waals surface area contributed by atoms with Crippen molar-refractivity contribution in [2.24, 2.45) is 10.7 Å². The van der Waals surface area contributed by atoms with Crippen LogP contribution in [0.3, 0.4) is 0 Å². The number of nitrogens with zero attached hydrogens (tertiary/aromatic N) is 3. The van der Waals surface area contributed by atoms with Crippen molar-refractivity contribution in [3.8, 4) is 19.0 Å². The molecule has 41 heavy (non-hydrogen) atoms. The van der Waals surface area contributed by atoms with Gasteiger partial charge in [0.05, 0.1) is 12.2 Å². The number of halogens is 2. The number of carbonyl (C=O) groups excluding carboxylic acids is 2. The molecule has 0 saturated carbocycles. The van der Waals surface area contributed by atoms with Crippen molar-refractivity contribution in [1.82, 2.24) is 15.5 Å². The van der Waals surface area contributed by atoms with Gasteiger partial charge in [0.25, 0.3) is 0 Å². The Morgan fingerprint density at radius 3 is 2.61 bits per heavy atom. The number of amides is 1. The number of furan rings is 1. The predicted molar refractivity (Wildman–Crippen MR) is 166 cm³/mol. The van der Waals surface area contributed by atoms with E-state index in [1.807, 2.05) is 44.3 Å². The Balaban J connectivity index is 0.000000305. The number of aldehydes is 1. The highest BCUT2D eigenvalue weighted by molar-refractivity contribution is 6.35. The number of carbonyl (C=O) groups is 2. The molecule has 0 radical (unpaired) electrons. The first-order valence-corrected chi connectivity index (χ1v) is 13.7. The number of rotatable bonds is 6. The molecule has 1 aliphatic heterocycles. The summed E-state index contributed by atoms with van der Waals surface area (Å²) in [4.78, 5) is 27.0. The Morgan fingerprint density at radius 2 is 1.95 bits per heavy atom. The van der Waals surface area contributed by atoms with Crippen molar-refractivity contribution in [2.75, 3.05) is 26.7 Å². The summed E-state index contributed by atoms with van der Waals surface area (Å²) in [6, 6.07) is 13.0. The highest BCUT2D eigenvalue weighted by Gasteiger charge is 2.15. The first-order valence-electron chi connectivity index (χ1n) is 12.9. The van der Waals surface area contributed by atoms with Crippen LogP contribution in [0.2, 0.25) is 10.0 Å². The Morgan fingerprint density at radius 1 is 1.20 bits per heavy atom. The van der Waals surface area contributed by atoms with Crippen molar-refractivity contribution in [3.05, 3.63) is 63.8 Å². The summed E-state index contributed by atoms with van der Waals surface area (Å²) >= 11 is 11.7. The minimum absolute atomic E-state index is 0.0714. The summed E-state index contributed by atoms with van der Waals surface area (Å²) in [6.07, 6.45) is 15.2. The third kappa shape index (κ3) is 13.3. The molecule has 0 atom stereocenters. The molecule has 0 aliphatic carbocycles. The molecule has 11 heteroatoms. The van der Waals surface area contributed by atoms with E-state index in [-0.39, 0.29) is 18.4 Å². The largest absolute Gasteiger partial charge is 0.461 e. The maximum absolute atomic E-state index is 11.2. The molecule has 3 aromatic rings. The molecule has 1 amide bonds. The van der Waals surface area contributed by atoms with E-state index in [1.54, 1.807) is 23.2 Å². The molecule has 0 unspecified atom stereocenters. The van der Waals surface area contributed by atoms with Crippen molar-refractivity contribution in [1.29, 1.82) is 5.26 Å². The zero-order valence-corrected chi connectivity index (χ0v) is 24.8. The average molecular weight is 600 g/mol. The average Bonchev–Trinajstić information content (AvgIpc) is 3.20. The van der Waals surface area contributed by atoms with Crippen molar-refractivity contribution >= 4 is 58.0 Å². The van der Waals surface area contributed by atoms with E-state index in [9.17, 15) is 9.59 Å². The standard InChI is InChI=1S/C11H10N4O.C9H11Cl2N.C8H13NO2.C2H2/c1-7-4-8-5-9(2-3-10(8)16-7)15-11(13)14-6-12;1-12-5-4-7-2-3-8(10)6-9(7)11;10-7-6-9-5-3-1-2-4-8(9)11;1-2/h2-5H,1H3,(H3,13,14,15);2-3,6,12H,4-5H2,1H3;7H,1-6H2;1-2H. The molecule has 4 rings (SSSR count). The van der Waals surface area contributed by atoms with Gasteiger partial charge in [-0.15, -0.1) is 12.8 Å². The summed E-state index contributed by atoms with van der Waals surface area (Å²) in [7, 11) is 1.92. The highest BCUT2D eigenvalue weighted by atomic mass is 35.5. The van der Waals surface area contributed by atoms with Crippen molar-refractivity contribution in [2.45, 2.75) is 39.0 Å². The number of aliphatic imine (C=N–C) groups is 1. The zero-order valence-electron chi connectivity index (χ0n) is 23.3. The van der Waals surface area contributed by atoms with Gasteiger partial charge in [-0.05, 0) is 81.7 Å². The molecule has 2 heterocycles. The number of benzene rings is 2. The monoisotopic (exact) mass is 598 g/mol. The summed E-state index contributed by atoms with van der Waals surface area (Å²) in [5, 5.41) is 16.1. The lowest BCUT2D eigenvalue weighted by molar-refractivity contribution is -0.132. The molecule has 0 bridgehead atoms. The summed E-state index contributed by atoms with van der Waals surface area (Å²) in [5.74, 6) is 1.05. The molecular weight excluding hydrogens is 563 g/mol. The van der Waals surface area contributed by atoms with Gasteiger partial charge in [0, 0.05) is 28.4 Å². The van der Waals surface area contributed by atoms with E-state index in [1.165, 1.54) is 0 Å². The number of guanidine groups is 1. The second-order valence-corrected chi connectivity index (χ2v) is 9.56. The maximum Gasteiger partial charge on any atom is 0.222 e. The fourth-order valence-electron chi connectivity index (χ4n) is 3.76. The molecule has 1 aliphatic rings. The van der Waals surface area contributed by atoms with Crippen LogP contribution in [0.25, 0.3) is 11.0 Å². The Hall–Kier alpha value is -4.02. The number of hydrogen-bond acceptors (Lipinski definition) is 6. The van der Waals surface area contributed by atoms with Crippen LogP contribution < -0.4 is 16.4 Å². The highest BCUT2D eigenvalue weighted by Crippen LogP contribution is 2.24. The van der Waals surface area contributed by atoms with Crippen LogP contribution in [0.1, 0.15) is 37.0 Å². The molecule has 4 N–H and O–H groups in total. The normalized spacial score (nSPS) is 12.8. The fourth-order valence-corrected chi connectivity index (χ4v) is 4.27. The van der Waals surface area contributed by atoms with Crippen molar-refractivity contribution < 1.29 is 14.0 Å².